The second-order valence-corrected chi connectivity index (χ2v) is 9.35. The smallest absolute Gasteiger partial charge is 0.406 e. The number of hydrogen-bond acceptors (Lipinski definition) is 7. The second kappa shape index (κ2) is 10.6. The second-order valence-electron chi connectivity index (χ2n) is 8.28. The van der Waals surface area contributed by atoms with Gasteiger partial charge in [0, 0.05) is 11.3 Å². The Bertz CT molecular complexity index is 1460. The number of alkyl halides is 3. The van der Waals surface area contributed by atoms with Gasteiger partial charge in [0.15, 0.2) is 11.3 Å². The lowest BCUT2D eigenvalue weighted by Crippen LogP contribution is -2.40. The molecule has 1 aromatic heterocycles. The van der Waals surface area contributed by atoms with Crippen LogP contribution in [0.1, 0.15) is 11.1 Å². The van der Waals surface area contributed by atoms with Crippen molar-refractivity contribution >= 4 is 29.6 Å². The molecule has 1 atom stereocenters. The lowest BCUT2D eigenvalue weighted by atomic mass is 10.1. The van der Waals surface area contributed by atoms with E-state index in [2.05, 4.69) is 25.3 Å². The summed E-state index contributed by atoms with van der Waals surface area (Å²) in [6.45, 7) is 1.97. The van der Waals surface area contributed by atoms with Crippen LogP contribution in [-0.4, -0.2) is 44.5 Å². The molecule has 1 amide bonds. The Morgan fingerprint density at radius 2 is 1.82 bits per heavy atom. The third kappa shape index (κ3) is 5.80. The first kappa shape index (κ1) is 25.3. The van der Waals surface area contributed by atoms with Gasteiger partial charge in [0.2, 0.25) is 5.91 Å². The largest absolute Gasteiger partial charge is 0.573 e. The predicted octanol–water partition coefficient (Wildman–Crippen LogP) is 5.13. The monoisotopic (exact) mass is 538 g/mol. The molecule has 2 heterocycles. The van der Waals surface area contributed by atoms with Crippen LogP contribution in [0.25, 0.3) is 17.1 Å². The summed E-state index contributed by atoms with van der Waals surface area (Å²) in [6.07, 6.45) is -1.60. The van der Waals surface area contributed by atoms with Crippen molar-refractivity contribution in [3.8, 4) is 22.8 Å². The number of aromatic nitrogens is 3. The van der Waals surface area contributed by atoms with Gasteiger partial charge in [-0.15, -0.1) is 30.0 Å². The summed E-state index contributed by atoms with van der Waals surface area (Å²) in [7, 11) is 0. The summed E-state index contributed by atoms with van der Waals surface area (Å²) in [6, 6.07) is 20.5. The number of nitrogens with one attached hydrogen (secondary N) is 1. The molecule has 0 bridgehead atoms. The summed E-state index contributed by atoms with van der Waals surface area (Å²) in [5.41, 5.74) is 6.75. The minimum atomic E-state index is -4.75. The highest BCUT2D eigenvalue weighted by Gasteiger charge is 2.33. The van der Waals surface area contributed by atoms with Gasteiger partial charge in [0.1, 0.15) is 12.1 Å². The van der Waals surface area contributed by atoms with Crippen molar-refractivity contribution in [2.75, 3.05) is 10.7 Å². The highest BCUT2D eigenvalue weighted by Crippen LogP contribution is 2.31. The van der Waals surface area contributed by atoms with Crippen molar-refractivity contribution in [3.05, 3.63) is 90.3 Å². The van der Waals surface area contributed by atoms with Crippen LogP contribution in [0.2, 0.25) is 0 Å². The minimum Gasteiger partial charge on any atom is -0.406 e. The average Bonchev–Trinajstić information content (AvgIpc) is 3.52. The number of ether oxygens (including phenoxy) is 1. The standard InChI is InChI=1S/C26H21F3N6O2S/c1-17-4-2-3-5-22(17)35-23(36)15-38-25(35)32-31-14-18-6-8-19(9-7-18)24-30-16-34(33-24)20-10-12-21(13-11-20)37-26(27,28)29/h2-14,16,25,32H,15H2,1H3/b31-14+. The summed E-state index contributed by atoms with van der Waals surface area (Å²) in [5.74, 6) is 0.548. The molecule has 1 aliphatic heterocycles. The van der Waals surface area contributed by atoms with E-state index in [0.717, 1.165) is 22.4 Å². The topological polar surface area (TPSA) is 84.6 Å². The maximum atomic E-state index is 12.5. The molecule has 0 radical (unpaired) electrons. The van der Waals surface area contributed by atoms with Crippen LogP contribution in [0.15, 0.2) is 84.2 Å². The Kier molecular flexibility index (Phi) is 7.05. The number of hydrazone groups is 1. The molecule has 0 saturated carbocycles. The Labute approximate surface area is 220 Å². The fourth-order valence-electron chi connectivity index (χ4n) is 3.83. The molecular formula is C26H21F3N6O2S. The molecule has 12 heteroatoms. The highest BCUT2D eigenvalue weighted by atomic mass is 32.2. The fourth-order valence-corrected chi connectivity index (χ4v) is 4.78. The molecule has 5 rings (SSSR count). The first-order chi connectivity index (χ1) is 18.3. The molecule has 0 spiro atoms. The molecule has 0 aliphatic carbocycles. The van der Waals surface area contributed by atoms with Crippen LogP contribution in [0.5, 0.6) is 5.75 Å². The van der Waals surface area contributed by atoms with Crippen molar-refractivity contribution in [1.29, 1.82) is 0 Å². The van der Waals surface area contributed by atoms with Crippen LogP contribution in [0.4, 0.5) is 18.9 Å². The molecule has 1 aliphatic rings. The van der Waals surface area contributed by atoms with Gasteiger partial charge in [0.05, 0.1) is 17.7 Å². The van der Waals surface area contributed by atoms with Crippen LogP contribution >= 0.6 is 11.8 Å². The number of carbonyl (C=O) groups is 1. The molecule has 1 saturated heterocycles. The lowest BCUT2D eigenvalue weighted by Gasteiger charge is -2.24. The maximum absolute atomic E-state index is 12.5. The first-order valence-corrected chi connectivity index (χ1v) is 12.5. The van der Waals surface area contributed by atoms with E-state index in [9.17, 15) is 18.0 Å². The Morgan fingerprint density at radius 3 is 2.53 bits per heavy atom. The molecule has 8 nitrogen and oxygen atoms in total. The SMILES string of the molecule is Cc1ccccc1N1C(=O)CSC1N/N=C/c1ccc(-c2ncn(-c3ccc(OC(F)(F)F)cc3)n2)cc1. The van der Waals surface area contributed by atoms with Crippen molar-refractivity contribution in [2.45, 2.75) is 18.8 Å². The summed E-state index contributed by atoms with van der Waals surface area (Å²) >= 11 is 1.48. The number of carbonyl (C=O) groups excluding carboxylic acids is 1. The number of thioether (sulfide) groups is 1. The highest BCUT2D eigenvalue weighted by molar-refractivity contribution is 8.01. The van der Waals surface area contributed by atoms with Crippen LogP contribution < -0.4 is 15.1 Å². The van der Waals surface area contributed by atoms with E-state index in [1.807, 2.05) is 55.5 Å². The van der Waals surface area contributed by atoms with Gasteiger partial charge in [-0.1, -0.05) is 42.5 Å². The quantitative estimate of drug-likeness (QED) is 0.260. The van der Waals surface area contributed by atoms with E-state index in [4.69, 9.17) is 0 Å². The number of anilines is 1. The molecule has 194 valence electrons. The predicted molar refractivity (Wildman–Crippen MR) is 139 cm³/mol. The fraction of sp³-hybridized carbons (Fsp3) is 0.154. The Hall–Kier alpha value is -4.32. The number of halogens is 3. The third-order valence-electron chi connectivity index (χ3n) is 5.64. The van der Waals surface area contributed by atoms with E-state index in [0.29, 0.717) is 17.3 Å². The molecule has 38 heavy (non-hydrogen) atoms. The molecule has 4 aromatic rings. The third-order valence-corrected chi connectivity index (χ3v) is 6.68. The van der Waals surface area contributed by atoms with E-state index in [1.54, 1.807) is 11.1 Å². The Morgan fingerprint density at radius 1 is 1.08 bits per heavy atom. The van der Waals surface area contributed by atoms with Gasteiger partial charge in [0.25, 0.3) is 0 Å². The zero-order valence-corrected chi connectivity index (χ0v) is 20.8. The normalized spacial score (nSPS) is 15.8. The number of aryl methyl sites for hydroxylation is 1. The lowest BCUT2D eigenvalue weighted by molar-refractivity contribution is -0.274. The van der Waals surface area contributed by atoms with Gasteiger partial charge in [-0.2, -0.15) is 5.10 Å². The number of nitrogens with zero attached hydrogens (tertiary/aromatic N) is 5. The van der Waals surface area contributed by atoms with Crippen LogP contribution in [0, 0.1) is 6.92 Å². The van der Waals surface area contributed by atoms with Crippen LogP contribution in [-0.2, 0) is 4.79 Å². The minimum absolute atomic E-state index is 0.0267. The number of rotatable bonds is 7. The average molecular weight is 539 g/mol. The van der Waals surface area contributed by atoms with Gasteiger partial charge in [-0.05, 0) is 48.4 Å². The summed E-state index contributed by atoms with van der Waals surface area (Å²) in [4.78, 5) is 18.5. The maximum Gasteiger partial charge on any atom is 0.573 e. The number of benzene rings is 3. The molecule has 3 aromatic carbocycles. The summed E-state index contributed by atoms with van der Waals surface area (Å²) in [5, 5.41) is 8.74. The molecule has 1 unspecified atom stereocenters. The van der Waals surface area contributed by atoms with Gasteiger partial charge >= 0.3 is 6.36 Å². The van der Waals surface area contributed by atoms with Crippen molar-refractivity contribution in [1.82, 2.24) is 20.2 Å². The van der Waals surface area contributed by atoms with E-state index < -0.39 is 6.36 Å². The van der Waals surface area contributed by atoms with Crippen molar-refractivity contribution < 1.29 is 22.7 Å². The van der Waals surface area contributed by atoms with E-state index in [-0.39, 0.29) is 17.2 Å². The number of amides is 1. The van der Waals surface area contributed by atoms with Crippen LogP contribution in [0.3, 0.4) is 0 Å². The zero-order valence-electron chi connectivity index (χ0n) is 20.0. The van der Waals surface area contributed by atoms with Crippen molar-refractivity contribution in [2.24, 2.45) is 5.10 Å². The number of para-hydroxylation sites is 1. The Balaban J connectivity index is 1.22. The molecular weight excluding hydrogens is 517 g/mol. The number of hydrogen-bond donors (Lipinski definition) is 1. The van der Waals surface area contributed by atoms with Gasteiger partial charge < -0.3 is 4.74 Å². The van der Waals surface area contributed by atoms with Gasteiger partial charge in [-0.25, -0.2) is 9.67 Å². The van der Waals surface area contributed by atoms with Crippen molar-refractivity contribution in [3.63, 3.8) is 0 Å². The first-order valence-electron chi connectivity index (χ1n) is 11.4. The zero-order chi connectivity index (χ0) is 26.7. The van der Waals surface area contributed by atoms with E-state index >= 15 is 0 Å². The molecule has 1 N–H and O–H groups in total. The molecule has 1 fully saturated rings. The summed E-state index contributed by atoms with van der Waals surface area (Å²) < 4.78 is 42.4. The van der Waals surface area contributed by atoms with Gasteiger partial charge in [-0.3, -0.25) is 15.1 Å². The van der Waals surface area contributed by atoms with E-state index in [1.165, 1.54) is 47.0 Å².